The summed E-state index contributed by atoms with van der Waals surface area (Å²) in [4.78, 5) is 45.5. The Morgan fingerprint density at radius 2 is 0.967 bits per heavy atom. The number of benzene rings is 1. The number of hydrogen-bond donors (Lipinski definition) is 2. The van der Waals surface area contributed by atoms with Crippen molar-refractivity contribution in [3.8, 4) is 0 Å². The number of rotatable bonds is 16. The molecule has 0 radical (unpaired) electrons. The van der Waals surface area contributed by atoms with Gasteiger partial charge in [0.2, 0.25) is 0 Å². The van der Waals surface area contributed by atoms with E-state index in [0.29, 0.717) is 25.7 Å². The van der Waals surface area contributed by atoms with Crippen molar-refractivity contribution in [1.29, 1.82) is 0 Å². The van der Waals surface area contributed by atoms with E-state index < -0.39 is 23.9 Å². The highest BCUT2D eigenvalue weighted by Crippen LogP contribution is 2.13. The Morgan fingerprint density at radius 3 is 1.33 bits per heavy atom. The number of hydrogen-bond acceptors (Lipinski definition) is 6. The minimum Gasteiger partial charge on any atom is -0.481 e. The highest BCUT2D eigenvalue weighted by molar-refractivity contribution is 6.03. The molecule has 8 nitrogen and oxygen atoms in total. The molecule has 0 unspecified atom stereocenters. The molecule has 1 aromatic carbocycles. The third kappa shape index (κ3) is 11.2. The first-order valence-electron chi connectivity index (χ1n) is 10.3. The molecule has 0 heterocycles. The van der Waals surface area contributed by atoms with E-state index >= 15 is 0 Å². The van der Waals surface area contributed by atoms with Crippen LogP contribution in [0, 0.1) is 0 Å². The number of esters is 2. The monoisotopic (exact) mass is 422 g/mol. The highest BCUT2D eigenvalue weighted by Gasteiger charge is 2.18. The minimum atomic E-state index is -0.817. The van der Waals surface area contributed by atoms with Gasteiger partial charge in [-0.2, -0.15) is 0 Å². The molecule has 166 valence electrons. The number of carbonyl (C=O) groups excluding carboxylic acids is 2. The van der Waals surface area contributed by atoms with Crippen LogP contribution in [0.15, 0.2) is 24.3 Å². The maximum Gasteiger partial charge on any atom is 0.339 e. The summed E-state index contributed by atoms with van der Waals surface area (Å²) >= 11 is 0. The zero-order valence-corrected chi connectivity index (χ0v) is 17.1. The van der Waals surface area contributed by atoms with Crippen molar-refractivity contribution >= 4 is 23.9 Å². The van der Waals surface area contributed by atoms with Crippen LogP contribution in [0.3, 0.4) is 0 Å². The predicted octanol–water partition coefficient (Wildman–Crippen LogP) is 4.07. The Hall–Kier alpha value is -2.90. The molecule has 1 aromatic rings. The lowest BCUT2D eigenvalue weighted by molar-refractivity contribution is -0.138. The van der Waals surface area contributed by atoms with Crippen molar-refractivity contribution in [2.75, 3.05) is 13.2 Å². The summed E-state index contributed by atoms with van der Waals surface area (Å²) in [5.41, 5.74) is 0.296. The molecular formula is C22H30O8. The van der Waals surface area contributed by atoms with Gasteiger partial charge in [0, 0.05) is 12.8 Å². The van der Waals surface area contributed by atoms with Crippen molar-refractivity contribution in [1.82, 2.24) is 0 Å². The van der Waals surface area contributed by atoms with Gasteiger partial charge < -0.3 is 19.7 Å². The van der Waals surface area contributed by atoms with Crippen LogP contribution in [-0.2, 0) is 19.1 Å². The molecule has 1 rings (SSSR count). The number of carbonyl (C=O) groups is 4. The van der Waals surface area contributed by atoms with E-state index in [2.05, 4.69) is 0 Å². The lowest BCUT2D eigenvalue weighted by Crippen LogP contribution is -2.15. The van der Waals surface area contributed by atoms with E-state index in [4.69, 9.17) is 19.7 Å². The first-order valence-corrected chi connectivity index (χ1v) is 10.3. The zero-order valence-electron chi connectivity index (χ0n) is 17.1. The largest absolute Gasteiger partial charge is 0.481 e. The zero-order chi connectivity index (χ0) is 22.2. The molecule has 0 saturated carbocycles. The summed E-state index contributed by atoms with van der Waals surface area (Å²) in [6, 6.07) is 6.30. The van der Waals surface area contributed by atoms with Gasteiger partial charge in [-0.25, -0.2) is 9.59 Å². The molecule has 0 aliphatic carbocycles. The minimum absolute atomic E-state index is 0.137. The summed E-state index contributed by atoms with van der Waals surface area (Å²) < 4.78 is 10.4. The summed E-state index contributed by atoms with van der Waals surface area (Å²) in [6.07, 6.45) is 5.74. The maximum absolute atomic E-state index is 12.3. The average molecular weight is 422 g/mol. The van der Waals surface area contributed by atoms with Crippen LogP contribution in [0.4, 0.5) is 0 Å². The van der Waals surface area contributed by atoms with Gasteiger partial charge in [-0.05, 0) is 37.8 Å². The molecule has 0 bridgehead atoms. The first-order chi connectivity index (χ1) is 14.4. The van der Waals surface area contributed by atoms with Crippen LogP contribution in [0.2, 0.25) is 0 Å². The van der Waals surface area contributed by atoms with Crippen LogP contribution in [0.25, 0.3) is 0 Å². The van der Waals surface area contributed by atoms with E-state index in [1.807, 2.05) is 0 Å². The third-order valence-corrected chi connectivity index (χ3v) is 4.40. The summed E-state index contributed by atoms with van der Waals surface area (Å²) in [7, 11) is 0. The van der Waals surface area contributed by atoms with Gasteiger partial charge in [-0.3, -0.25) is 9.59 Å². The predicted molar refractivity (Wildman–Crippen MR) is 108 cm³/mol. The fourth-order valence-electron chi connectivity index (χ4n) is 2.79. The lowest BCUT2D eigenvalue weighted by Gasteiger charge is -2.10. The third-order valence-electron chi connectivity index (χ3n) is 4.40. The molecule has 0 atom stereocenters. The summed E-state index contributed by atoms with van der Waals surface area (Å²) in [5, 5.41) is 17.2. The molecule has 30 heavy (non-hydrogen) atoms. The molecule has 0 aliphatic rings. The standard InChI is InChI=1S/C22H30O8/c23-19(24)13-5-1-3-9-15-29-21(27)17-11-7-8-12-18(17)22(28)30-16-10-4-2-6-14-20(25)26/h7-8,11-12H,1-6,9-10,13-16H2,(H,23,24)(H,25,26). The molecule has 0 aromatic heterocycles. The Balaban J connectivity index is 2.34. The molecule has 2 N–H and O–H groups in total. The van der Waals surface area contributed by atoms with E-state index in [9.17, 15) is 19.2 Å². The van der Waals surface area contributed by atoms with Gasteiger partial charge in [0.25, 0.3) is 0 Å². The van der Waals surface area contributed by atoms with E-state index in [-0.39, 0.29) is 37.2 Å². The second-order valence-corrected chi connectivity index (χ2v) is 6.93. The Labute approximate surface area is 176 Å². The van der Waals surface area contributed by atoms with Crippen molar-refractivity contribution < 1.29 is 38.9 Å². The van der Waals surface area contributed by atoms with Crippen LogP contribution >= 0.6 is 0 Å². The quantitative estimate of drug-likeness (QED) is 0.301. The summed E-state index contributed by atoms with van der Waals surface area (Å²) in [5.74, 6) is -2.82. The molecule has 0 aliphatic heterocycles. The fourth-order valence-corrected chi connectivity index (χ4v) is 2.79. The number of carboxylic acids is 2. The van der Waals surface area contributed by atoms with Gasteiger partial charge in [-0.1, -0.05) is 37.8 Å². The number of aliphatic carboxylic acids is 2. The smallest absolute Gasteiger partial charge is 0.339 e. The van der Waals surface area contributed by atoms with Gasteiger partial charge in [-0.15, -0.1) is 0 Å². The second-order valence-electron chi connectivity index (χ2n) is 6.93. The Kier molecular flexibility index (Phi) is 12.6. The second kappa shape index (κ2) is 15.0. The van der Waals surface area contributed by atoms with Crippen molar-refractivity contribution in [2.24, 2.45) is 0 Å². The topological polar surface area (TPSA) is 127 Å². The van der Waals surface area contributed by atoms with Crippen LogP contribution in [0.1, 0.15) is 84.9 Å². The molecule has 8 heteroatoms. The molecule has 0 spiro atoms. The molecule has 0 saturated heterocycles. The SMILES string of the molecule is O=C(O)CCCCCCOC(=O)c1ccccc1C(=O)OCCCCCCC(=O)O. The Bertz CT molecular complexity index is 639. The van der Waals surface area contributed by atoms with Crippen LogP contribution in [0.5, 0.6) is 0 Å². The van der Waals surface area contributed by atoms with E-state index in [0.717, 1.165) is 25.7 Å². The fraction of sp³-hybridized carbons (Fsp3) is 0.545. The van der Waals surface area contributed by atoms with E-state index in [1.165, 1.54) is 12.1 Å². The average Bonchev–Trinajstić information content (AvgIpc) is 2.71. The number of ether oxygens (including phenoxy) is 2. The molecule has 0 amide bonds. The highest BCUT2D eigenvalue weighted by atomic mass is 16.5. The van der Waals surface area contributed by atoms with Crippen molar-refractivity contribution in [3.05, 3.63) is 35.4 Å². The van der Waals surface area contributed by atoms with E-state index in [1.54, 1.807) is 12.1 Å². The van der Waals surface area contributed by atoms with Gasteiger partial charge in [0.05, 0.1) is 24.3 Å². The molecular weight excluding hydrogens is 392 g/mol. The summed E-state index contributed by atoms with van der Waals surface area (Å²) in [6.45, 7) is 0.400. The lowest BCUT2D eigenvalue weighted by atomic mass is 10.1. The normalized spacial score (nSPS) is 10.4. The van der Waals surface area contributed by atoms with Gasteiger partial charge in [0.1, 0.15) is 0 Å². The molecule has 0 fully saturated rings. The van der Waals surface area contributed by atoms with Gasteiger partial charge >= 0.3 is 23.9 Å². The first kappa shape index (κ1) is 25.1. The number of carboxylic acid groups (broad SMARTS) is 2. The maximum atomic E-state index is 12.3. The van der Waals surface area contributed by atoms with Crippen LogP contribution < -0.4 is 0 Å². The van der Waals surface area contributed by atoms with Gasteiger partial charge in [0.15, 0.2) is 0 Å². The Morgan fingerprint density at radius 1 is 0.600 bits per heavy atom. The van der Waals surface area contributed by atoms with Crippen molar-refractivity contribution in [2.45, 2.75) is 64.2 Å². The number of unbranched alkanes of at least 4 members (excludes halogenated alkanes) is 6. The van der Waals surface area contributed by atoms with Crippen molar-refractivity contribution in [3.63, 3.8) is 0 Å². The van der Waals surface area contributed by atoms with Crippen LogP contribution in [-0.4, -0.2) is 47.3 Å².